The van der Waals surface area contributed by atoms with Crippen LogP contribution in [-0.2, 0) is 19.3 Å². The highest BCUT2D eigenvalue weighted by molar-refractivity contribution is 5.77. The van der Waals surface area contributed by atoms with Crippen molar-refractivity contribution in [2.45, 2.75) is 71.6 Å². The van der Waals surface area contributed by atoms with Crippen molar-refractivity contribution >= 4 is 22.1 Å². The van der Waals surface area contributed by atoms with Gasteiger partial charge >= 0.3 is 0 Å². The van der Waals surface area contributed by atoms with Crippen LogP contribution in [0.4, 0.5) is 0 Å². The summed E-state index contributed by atoms with van der Waals surface area (Å²) in [6, 6.07) is 13.2. The highest BCUT2D eigenvalue weighted by Gasteiger charge is 2.09. The number of benzene rings is 2. The highest BCUT2D eigenvalue weighted by Crippen LogP contribution is 2.19. The summed E-state index contributed by atoms with van der Waals surface area (Å²) in [7, 11) is 0. The van der Waals surface area contributed by atoms with Gasteiger partial charge in [-0.3, -0.25) is 0 Å². The Morgan fingerprint density at radius 2 is 1.14 bits per heavy atom. The van der Waals surface area contributed by atoms with E-state index in [0.717, 1.165) is 46.6 Å². The minimum atomic E-state index is 0.694. The summed E-state index contributed by atoms with van der Waals surface area (Å²) in [5, 5.41) is 0. The van der Waals surface area contributed by atoms with Crippen LogP contribution in [0.15, 0.2) is 36.4 Å². The van der Waals surface area contributed by atoms with E-state index in [-0.39, 0.29) is 0 Å². The van der Waals surface area contributed by atoms with E-state index in [4.69, 9.17) is 9.97 Å². The van der Waals surface area contributed by atoms with Crippen LogP contribution in [0.3, 0.4) is 0 Å². The predicted octanol–water partition coefficient (Wildman–Crippen LogP) is 6.50. The molecule has 0 aliphatic rings. The predicted molar refractivity (Wildman–Crippen MR) is 121 cm³/mol. The molecule has 0 aliphatic heterocycles. The van der Waals surface area contributed by atoms with Gasteiger partial charge in [0.25, 0.3) is 0 Å². The number of fused-ring (bicyclic) bond motifs is 2. The molecule has 4 rings (SSSR count). The van der Waals surface area contributed by atoms with E-state index in [0.29, 0.717) is 6.42 Å². The number of aryl methyl sites for hydroxylation is 2. The van der Waals surface area contributed by atoms with E-state index >= 15 is 0 Å². The van der Waals surface area contributed by atoms with Gasteiger partial charge in [0.15, 0.2) is 0 Å². The molecule has 152 valence electrons. The third-order valence-corrected chi connectivity index (χ3v) is 5.66. The van der Waals surface area contributed by atoms with Crippen molar-refractivity contribution in [1.82, 2.24) is 19.9 Å². The van der Waals surface area contributed by atoms with Crippen molar-refractivity contribution < 1.29 is 0 Å². The van der Waals surface area contributed by atoms with Gasteiger partial charge in [0.1, 0.15) is 11.6 Å². The van der Waals surface area contributed by atoms with Gasteiger partial charge in [0.2, 0.25) is 0 Å². The second kappa shape index (κ2) is 9.25. The molecule has 4 nitrogen and oxygen atoms in total. The van der Waals surface area contributed by atoms with Gasteiger partial charge < -0.3 is 9.97 Å². The fourth-order valence-corrected chi connectivity index (χ4v) is 4.01. The normalized spacial score (nSPS) is 11.7. The molecule has 0 unspecified atom stereocenters. The lowest BCUT2D eigenvalue weighted by molar-refractivity contribution is 0.718. The van der Waals surface area contributed by atoms with E-state index < -0.39 is 0 Å². The molecule has 0 spiro atoms. The van der Waals surface area contributed by atoms with E-state index in [2.05, 4.69) is 60.2 Å². The second-order valence-electron chi connectivity index (χ2n) is 8.16. The van der Waals surface area contributed by atoms with Crippen LogP contribution in [0.1, 0.15) is 75.1 Å². The van der Waals surface area contributed by atoms with Crippen LogP contribution in [0, 0.1) is 0 Å². The highest BCUT2D eigenvalue weighted by atomic mass is 15.0. The minimum Gasteiger partial charge on any atom is -0.342 e. The number of nitrogens with one attached hydrogen (secondary N) is 2. The van der Waals surface area contributed by atoms with E-state index in [1.807, 2.05) is 0 Å². The van der Waals surface area contributed by atoms with Crippen LogP contribution >= 0.6 is 0 Å². The maximum absolute atomic E-state index is 4.77. The van der Waals surface area contributed by atoms with Crippen LogP contribution in [0.25, 0.3) is 22.1 Å². The Morgan fingerprint density at radius 1 is 0.655 bits per heavy atom. The summed E-state index contributed by atoms with van der Waals surface area (Å²) in [5.41, 5.74) is 7.11. The van der Waals surface area contributed by atoms with Crippen LogP contribution < -0.4 is 0 Å². The molecule has 0 fully saturated rings. The van der Waals surface area contributed by atoms with E-state index in [1.165, 1.54) is 49.7 Å². The molecule has 2 aromatic carbocycles. The molecule has 0 amide bonds. The molecule has 4 heteroatoms. The maximum atomic E-state index is 4.77. The fraction of sp³-hybridized carbons (Fsp3) is 0.440. The Balaban J connectivity index is 1.47. The quantitative estimate of drug-likeness (QED) is 0.305. The zero-order chi connectivity index (χ0) is 20.1. The number of rotatable bonds is 10. The van der Waals surface area contributed by atoms with Gasteiger partial charge in [0, 0.05) is 0 Å². The first kappa shape index (κ1) is 19.7. The number of aromatic amines is 2. The van der Waals surface area contributed by atoms with Crippen LogP contribution in [0.5, 0.6) is 0 Å². The minimum absolute atomic E-state index is 0.694. The number of imidazole rings is 2. The largest absolute Gasteiger partial charge is 0.342 e. The molecule has 0 saturated carbocycles. The lowest BCUT2D eigenvalue weighted by Crippen LogP contribution is -1.92. The monoisotopic (exact) mass is 388 g/mol. The van der Waals surface area contributed by atoms with Crippen molar-refractivity contribution in [1.29, 1.82) is 0 Å². The Morgan fingerprint density at radius 3 is 1.59 bits per heavy atom. The summed E-state index contributed by atoms with van der Waals surface area (Å²) >= 11 is 0. The van der Waals surface area contributed by atoms with Crippen molar-refractivity contribution in [2.24, 2.45) is 0 Å². The van der Waals surface area contributed by atoms with E-state index in [9.17, 15) is 0 Å². The molecular weight excluding hydrogens is 356 g/mol. The maximum Gasteiger partial charge on any atom is 0.114 e. The number of hydrogen-bond acceptors (Lipinski definition) is 2. The third-order valence-electron chi connectivity index (χ3n) is 5.66. The second-order valence-corrected chi connectivity index (χ2v) is 8.16. The lowest BCUT2D eigenvalue weighted by Gasteiger charge is -2.00. The van der Waals surface area contributed by atoms with Crippen molar-refractivity contribution in [2.75, 3.05) is 0 Å². The fourth-order valence-electron chi connectivity index (χ4n) is 4.01. The van der Waals surface area contributed by atoms with Gasteiger partial charge in [-0.05, 0) is 61.1 Å². The Labute approximate surface area is 173 Å². The molecule has 2 aromatic heterocycles. The Kier molecular flexibility index (Phi) is 6.28. The van der Waals surface area contributed by atoms with E-state index in [1.54, 1.807) is 0 Å². The molecule has 0 saturated heterocycles. The zero-order valence-electron chi connectivity index (χ0n) is 17.7. The first-order valence-electron chi connectivity index (χ1n) is 11.2. The number of aromatic nitrogens is 4. The topological polar surface area (TPSA) is 57.4 Å². The molecule has 0 radical (unpaired) electrons. The van der Waals surface area contributed by atoms with Crippen molar-refractivity contribution in [3.05, 3.63) is 59.2 Å². The first-order chi connectivity index (χ1) is 14.2. The molecular formula is C25H32N4. The lowest BCUT2D eigenvalue weighted by atomic mass is 10.1. The molecule has 29 heavy (non-hydrogen) atoms. The summed E-state index contributed by atoms with van der Waals surface area (Å²) in [6.07, 6.45) is 10.6. The average Bonchev–Trinajstić information content (AvgIpc) is 3.30. The third kappa shape index (κ3) is 4.87. The van der Waals surface area contributed by atoms with Crippen LogP contribution in [-0.4, -0.2) is 19.9 Å². The summed E-state index contributed by atoms with van der Waals surface area (Å²) in [6.45, 7) is 4.49. The summed E-state index contributed by atoms with van der Waals surface area (Å²) < 4.78 is 0. The SMILES string of the molecule is CCCCCc1ccc2nc(Cc3nc4ccc(CCCCC)cc4[nH]3)[nH]c2c1. The number of unbranched alkanes of at least 4 members (excludes halogenated alkanes) is 4. The number of nitrogens with zero attached hydrogens (tertiary/aromatic N) is 2. The van der Waals surface area contributed by atoms with Crippen molar-refractivity contribution in [3.8, 4) is 0 Å². The Bertz CT molecular complexity index is 987. The Hall–Kier alpha value is -2.62. The summed E-state index contributed by atoms with van der Waals surface area (Å²) in [5.74, 6) is 1.93. The molecule has 0 bridgehead atoms. The number of hydrogen-bond donors (Lipinski definition) is 2. The van der Waals surface area contributed by atoms with Crippen molar-refractivity contribution in [3.63, 3.8) is 0 Å². The van der Waals surface area contributed by atoms with Gasteiger partial charge in [0.05, 0.1) is 28.5 Å². The van der Waals surface area contributed by atoms with Crippen LogP contribution in [0.2, 0.25) is 0 Å². The first-order valence-corrected chi connectivity index (χ1v) is 11.2. The summed E-state index contributed by atoms with van der Waals surface area (Å²) in [4.78, 5) is 16.5. The molecule has 2 N–H and O–H groups in total. The molecule has 2 heterocycles. The molecule has 4 aromatic rings. The van der Waals surface area contributed by atoms with Gasteiger partial charge in [-0.15, -0.1) is 0 Å². The van der Waals surface area contributed by atoms with Gasteiger partial charge in [-0.25, -0.2) is 9.97 Å². The van der Waals surface area contributed by atoms with Gasteiger partial charge in [-0.2, -0.15) is 0 Å². The van der Waals surface area contributed by atoms with Gasteiger partial charge in [-0.1, -0.05) is 51.7 Å². The number of H-pyrrole nitrogens is 2. The standard InChI is InChI=1S/C25H32N4/c1-3-5-7-9-18-11-13-20-22(15-18)28-24(26-20)17-25-27-21-14-12-19(10-8-6-4-2)16-23(21)29-25/h11-16H,3-10,17H2,1-2H3,(H,26,28)(H,27,29). The zero-order valence-corrected chi connectivity index (χ0v) is 17.7. The molecule has 0 aliphatic carbocycles. The smallest absolute Gasteiger partial charge is 0.114 e. The average molecular weight is 389 g/mol. The molecule has 0 atom stereocenters.